The molecule has 0 aliphatic carbocycles. The molecule has 152 valence electrons. The summed E-state index contributed by atoms with van der Waals surface area (Å²) in [6.07, 6.45) is 0. The summed E-state index contributed by atoms with van der Waals surface area (Å²) in [5.41, 5.74) is 1.32. The van der Waals surface area contributed by atoms with Crippen LogP contribution >= 0.6 is 0 Å². The van der Waals surface area contributed by atoms with Gasteiger partial charge in [0.1, 0.15) is 12.3 Å². The number of methoxy groups -OCH3 is 2. The van der Waals surface area contributed by atoms with Crippen molar-refractivity contribution in [2.45, 2.75) is 24.8 Å². The zero-order chi connectivity index (χ0) is 20.7. The Morgan fingerprint density at radius 2 is 1.68 bits per heavy atom. The van der Waals surface area contributed by atoms with Crippen molar-refractivity contribution in [2.24, 2.45) is 0 Å². The Morgan fingerprint density at radius 1 is 1.07 bits per heavy atom. The molecule has 1 amide bonds. The van der Waals surface area contributed by atoms with Crippen molar-refractivity contribution in [1.29, 1.82) is 0 Å². The first-order valence-electron chi connectivity index (χ1n) is 8.79. The van der Waals surface area contributed by atoms with Crippen molar-refractivity contribution in [3.8, 4) is 5.75 Å². The highest BCUT2D eigenvalue weighted by Crippen LogP contribution is 2.26. The smallest absolute Gasteiger partial charge is 0.264 e. The Balaban J connectivity index is 2.37. The summed E-state index contributed by atoms with van der Waals surface area (Å²) in [6.45, 7) is 3.64. The highest BCUT2D eigenvalue weighted by Gasteiger charge is 2.27. The SMILES string of the molecule is COC[C@@H](C)NC(=O)CN(c1ccc(OC)cc1)S(=O)(=O)c1ccc(C)cc1. The summed E-state index contributed by atoms with van der Waals surface area (Å²) in [5, 5.41) is 2.74. The molecule has 7 nitrogen and oxygen atoms in total. The number of benzene rings is 2. The lowest BCUT2D eigenvalue weighted by Gasteiger charge is -2.25. The molecule has 0 aliphatic heterocycles. The van der Waals surface area contributed by atoms with Crippen molar-refractivity contribution >= 4 is 21.6 Å². The largest absolute Gasteiger partial charge is 0.497 e. The topological polar surface area (TPSA) is 84.9 Å². The van der Waals surface area contributed by atoms with Crippen LogP contribution in [0.1, 0.15) is 12.5 Å². The number of nitrogens with zero attached hydrogens (tertiary/aromatic N) is 1. The third-order valence-corrected chi connectivity index (χ3v) is 5.87. The van der Waals surface area contributed by atoms with Crippen LogP contribution in [0.4, 0.5) is 5.69 Å². The summed E-state index contributed by atoms with van der Waals surface area (Å²) in [6, 6.07) is 12.8. The number of carbonyl (C=O) groups is 1. The van der Waals surface area contributed by atoms with E-state index in [1.54, 1.807) is 43.3 Å². The molecule has 0 radical (unpaired) electrons. The molecule has 0 saturated heterocycles. The van der Waals surface area contributed by atoms with E-state index in [1.807, 2.05) is 6.92 Å². The average molecular weight is 407 g/mol. The predicted octanol–water partition coefficient (Wildman–Crippen LogP) is 2.35. The Bertz CT molecular complexity index is 880. The fourth-order valence-corrected chi connectivity index (χ4v) is 4.06. The highest BCUT2D eigenvalue weighted by atomic mass is 32.2. The molecule has 1 N–H and O–H groups in total. The normalized spacial score (nSPS) is 12.3. The first-order chi connectivity index (χ1) is 13.3. The van der Waals surface area contributed by atoms with Crippen LogP contribution in [0.5, 0.6) is 5.75 Å². The van der Waals surface area contributed by atoms with Crippen molar-refractivity contribution in [3.63, 3.8) is 0 Å². The lowest BCUT2D eigenvalue weighted by molar-refractivity contribution is -0.120. The molecule has 8 heteroatoms. The molecule has 2 rings (SSSR count). The average Bonchev–Trinajstić information content (AvgIpc) is 2.66. The summed E-state index contributed by atoms with van der Waals surface area (Å²) in [7, 11) is -0.869. The van der Waals surface area contributed by atoms with Crippen molar-refractivity contribution in [2.75, 3.05) is 31.7 Å². The van der Waals surface area contributed by atoms with Crippen LogP contribution in [-0.4, -0.2) is 47.7 Å². The minimum absolute atomic E-state index is 0.117. The van der Waals surface area contributed by atoms with Gasteiger partial charge in [-0.2, -0.15) is 0 Å². The minimum Gasteiger partial charge on any atom is -0.497 e. The first-order valence-corrected chi connectivity index (χ1v) is 10.2. The fourth-order valence-electron chi connectivity index (χ4n) is 2.64. The second-order valence-corrected chi connectivity index (χ2v) is 8.31. The Kier molecular flexibility index (Phi) is 7.42. The Labute approximate surface area is 166 Å². The van der Waals surface area contributed by atoms with E-state index in [0.717, 1.165) is 9.87 Å². The molecule has 0 spiro atoms. The van der Waals surface area contributed by atoms with Crippen molar-refractivity contribution in [3.05, 3.63) is 54.1 Å². The lowest BCUT2D eigenvalue weighted by Crippen LogP contribution is -2.44. The second-order valence-electron chi connectivity index (χ2n) is 6.45. The standard InChI is InChI=1S/C20H26N2O5S/c1-15-5-11-19(12-6-15)28(24,25)22(13-20(23)21-16(2)14-26-3)17-7-9-18(27-4)10-8-17/h5-12,16H,13-14H2,1-4H3,(H,21,23)/t16-/m1/s1. The molecule has 0 bridgehead atoms. The van der Waals surface area contributed by atoms with Gasteiger partial charge in [0.2, 0.25) is 5.91 Å². The maximum absolute atomic E-state index is 13.2. The number of nitrogens with one attached hydrogen (secondary N) is 1. The summed E-state index contributed by atoms with van der Waals surface area (Å²) >= 11 is 0. The van der Waals surface area contributed by atoms with Gasteiger partial charge in [-0.3, -0.25) is 9.10 Å². The minimum atomic E-state index is -3.93. The number of ether oxygens (including phenoxy) is 2. The number of sulfonamides is 1. The fraction of sp³-hybridized carbons (Fsp3) is 0.350. The third-order valence-electron chi connectivity index (χ3n) is 4.08. The van der Waals surface area contributed by atoms with E-state index in [1.165, 1.54) is 26.4 Å². The van der Waals surface area contributed by atoms with Gasteiger partial charge in [-0.1, -0.05) is 17.7 Å². The van der Waals surface area contributed by atoms with E-state index < -0.39 is 15.9 Å². The van der Waals surface area contributed by atoms with Gasteiger partial charge in [0.15, 0.2) is 0 Å². The van der Waals surface area contributed by atoms with Crippen LogP contribution in [0.15, 0.2) is 53.4 Å². The van der Waals surface area contributed by atoms with Gasteiger partial charge < -0.3 is 14.8 Å². The zero-order valence-corrected chi connectivity index (χ0v) is 17.3. The second kappa shape index (κ2) is 9.57. The summed E-state index contributed by atoms with van der Waals surface area (Å²) < 4.78 is 37.7. The molecule has 2 aromatic carbocycles. The van der Waals surface area contributed by atoms with Crippen LogP contribution in [0.2, 0.25) is 0 Å². The van der Waals surface area contributed by atoms with Crippen molar-refractivity contribution < 1.29 is 22.7 Å². The van der Waals surface area contributed by atoms with Gasteiger partial charge in [-0.05, 0) is 50.2 Å². The molecule has 2 aromatic rings. The summed E-state index contributed by atoms with van der Waals surface area (Å²) in [5.74, 6) is 0.172. The third kappa shape index (κ3) is 5.46. The van der Waals surface area contributed by atoms with E-state index in [9.17, 15) is 13.2 Å². The van der Waals surface area contributed by atoms with E-state index in [2.05, 4.69) is 5.32 Å². The van der Waals surface area contributed by atoms with E-state index in [0.29, 0.717) is 18.0 Å². The molecule has 0 fully saturated rings. The van der Waals surface area contributed by atoms with Gasteiger partial charge in [0.05, 0.1) is 24.3 Å². The maximum atomic E-state index is 13.2. The summed E-state index contributed by atoms with van der Waals surface area (Å²) in [4.78, 5) is 12.6. The first kappa shape index (κ1) is 21.7. The zero-order valence-electron chi connectivity index (χ0n) is 16.5. The number of aryl methyl sites for hydroxylation is 1. The molecule has 0 saturated carbocycles. The quantitative estimate of drug-likeness (QED) is 0.691. The van der Waals surface area contributed by atoms with Gasteiger partial charge in [-0.25, -0.2) is 8.42 Å². The van der Waals surface area contributed by atoms with Crippen LogP contribution in [0.25, 0.3) is 0 Å². The molecule has 28 heavy (non-hydrogen) atoms. The van der Waals surface area contributed by atoms with E-state index in [4.69, 9.17) is 9.47 Å². The molecule has 0 aliphatic rings. The van der Waals surface area contributed by atoms with Crippen LogP contribution in [0, 0.1) is 6.92 Å². The number of anilines is 1. The molecule has 0 heterocycles. The van der Waals surface area contributed by atoms with Crippen LogP contribution in [0.3, 0.4) is 0 Å². The number of hydrogen-bond donors (Lipinski definition) is 1. The molecule has 0 aromatic heterocycles. The monoisotopic (exact) mass is 406 g/mol. The number of hydrogen-bond acceptors (Lipinski definition) is 5. The molecule has 1 atom stereocenters. The van der Waals surface area contributed by atoms with Crippen LogP contribution < -0.4 is 14.4 Å². The molecule has 0 unspecified atom stereocenters. The highest BCUT2D eigenvalue weighted by molar-refractivity contribution is 7.92. The molecular weight excluding hydrogens is 380 g/mol. The molecular formula is C20H26N2O5S. The number of carbonyl (C=O) groups excluding carboxylic acids is 1. The predicted molar refractivity (Wildman–Crippen MR) is 108 cm³/mol. The van der Waals surface area contributed by atoms with Crippen LogP contribution in [-0.2, 0) is 19.6 Å². The van der Waals surface area contributed by atoms with Crippen molar-refractivity contribution in [1.82, 2.24) is 5.32 Å². The van der Waals surface area contributed by atoms with Gasteiger partial charge in [0.25, 0.3) is 10.0 Å². The van der Waals surface area contributed by atoms with E-state index in [-0.39, 0.29) is 17.5 Å². The van der Waals surface area contributed by atoms with Gasteiger partial charge in [-0.15, -0.1) is 0 Å². The maximum Gasteiger partial charge on any atom is 0.264 e. The lowest BCUT2D eigenvalue weighted by atomic mass is 10.2. The Morgan fingerprint density at radius 3 is 2.21 bits per heavy atom. The van der Waals surface area contributed by atoms with Gasteiger partial charge >= 0.3 is 0 Å². The van der Waals surface area contributed by atoms with E-state index >= 15 is 0 Å². The Hall–Kier alpha value is -2.58. The van der Waals surface area contributed by atoms with Gasteiger partial charge in [0, 0.05) is 13.2 Å². The number of amides is 1. The number of rotatable bonds is 9.